The van der Waals surface area contributed by atoms with Crippen LogP contribution < -0.4 is 9.64 Å². The number of carboxylic acid groups (broad SMARTS) is 3. The van der Waals surface area contributed by atoms with Gasteiger partial charge in [0.2, 0.25) is 6.29 Å². The van der Waals surface area contributed by atoms with Crippen LogP contribution in [0.3, 0.4) is 0 Å². The van der Waals surface area contributed by atoms with E-state index in [1.165, 1.54) is 35.4 Å². The molecular weight excluding hydrogens is 524 g/mol. The molecular formula is C24H26N2O13. The number of carbonyl (C=O) groups is 3. The normalized spacial score (nSPS) is 30.5. The second-order valence-electron chi connectivity index (χ2n) is 9.14. The van der Waals surface area contributed by atoms with Gasteiger partial charge in [-0.25, -0.2) is 14.4 Å². The molecule has 0 aliphatic carbocycles. The van der Waals surface area contributed by atoms with Crippen LogP contribution >= 0.6 is 0 Å². The number of anilines is 1. The third-order valence-corrected chi connectivity index (χ3v) is 6.56. The minimum absolute atomic E-state index is 0.0566. The number of phenols is 1. The maximum atomic E-state index is 12.0. The molecule has 7 atom stereocenters. The summed E-state index contributed by atoms with van der Waals surface area (Å²) in [5.74, 6) is -4.67. The summed E-state index contributed by atoms with van der Waals surface area (Å²) in [5.41, 5.74) is 0.477. The van der Waals surface area contributed by atoms with Crippen molar-refractivity contribution < 1.29 is 64.7 Å². The number of dihydropyridines is 1. The first-order chi connectivity index (χ1) is 18.4. The number of benzene rings is 1. The van der Waals surface area contributed by atoms with Gasteiger partial charge < -0.3 is 55.2 Å². The van der Waals surface area contributed by atoms with Gasteiger partial charge in [0.05, 0.1) is 6.61 Å². The van der Waals surface area contributed by atoms with Crippen LogP contribution in [0, 0.1) is 0 Å². The van der Waals surface area contributed by atoms with E-state index in [4.69, 9.17) is 9.47 Å². The molecule has 15 nitrogen and oxygen atoms in total. The molecule has 7 unspecified atom stereocenters. The van der Waals surface area contributed by atoms with Crippen molar-refractivity contribution in [3.05, 3.63) is 41.6 Å². The summed E-state index contributed by atoms with van der Waals surface area (Å²) in [4.78, 5) is 39.7. The summed E-state index contributed by atoms with van der Waals surface area (Å²) < 4.78 is 10.8. The minimum Gasteiger partial charge on any atom is -0.504 e. The second-order valence-corrected chi connectivity index (χ2v) is 9.14. The third kappa shape index (κ3) is 5.57. The first kappa shape index (κ1) is 28.0. The lowest BCUT2D eigenvalue weighted by atomic mass is 9.99. The number of fused-ring (bicyclic) bond motifs is 1. The van der Waals surface area contributed by atoms with Crippen LogP contribution in [0.2, 0.25) is 0 Å². The van der Waals surface area contributed by atoms with Crippen molar-refractivity contribution in [2.75, 3.05) is 11.5 Å². The molecule has 8 N–H and O–H groups in total. The quantitative estimate of drug-likeness (QED) is 0.178. The highest BCUT2D eigenvalue weighted by molar-refractivity contribution is 6.41. The van der Waals surface area contributed by atoms with Crippen molar-refractivity contribution in [2.45, 2.75) is 55.6 Å². The third-order valence-electron chi connectivity index (χ3n) is 6.56. The predicted octanol–water partition coefficient (Wildman–Crippen LogP) is -1.79. The zero-order chi connectivity index (χ0) is 28.6. The van der Waals surface area contributed by atoms with Gasteiger partial charge in [-0.2, -0.15) is 0 Å². The number of allylic oxidation sites excluding steroid dienone is 1. The van der Waals surface area contributed by atoms with Crippen molar-refractivity contribution >= 4 is 29.3 Å². The fourth-order valence-corrected chi connectivity index (χ4v) is 4.51. The van der Waals surface area contributed by atoms with Gasteiger partial charge in [-0.15, -0.1) is 0 Å². The lowest BCUT2D eigenvalue weighted by Gasteiger charge is -2.39. The molecule has 1 fully saturated rings. The summed E-state index contributed by atoms with van der Waals surface area (Å²) >= 11 is 0. The minimum atomic E-state index is -1.74. The maximum Gasteiger partial charge on any atom is 0.354 e. The SMILES string of the molecule is O=C(O)C1=NC(C(=O)O)CC(/C=C/N2c3cc(O)c(OC4OC(CO)C(O)C(O)C4O)cc3CC2C(=O)O)=C1. The number of aliphatic carboxylic acids is 3. The zero-order valence-corrected chi connectivity index (χ0v) is 20.1. The number of nitrogens with zero attached hydrogens (tertiary/aromatic N) is 2. The van der Waals surface area contributed by atoms with E-state index in [0.29, 0.717) is 5.56 Å². The lowest BCUT2D eigenvalue weighted by Crippen LogP contribution is -2.60. The number of aliphatic hydroxyl groups excluding tert-OH is 4. The molecule has 210 valence electrons. The Kier molecular flexibility index (Phi) is 7.89. The number of phenolic OH excluding ortho intramolecular Hbond substituents is 1. The maximum absolute atomic E-state index is 12.0. The molecule has 3 heterocycles. The highest BCUT2D eigenvalue weighted by atomic mass is 16.7. The van der Waals surface area contributed by atoms with Gasteiger partial charge in [0.15, 0.2) is 17.5 Å². The smallest absolute Gasteiger partial charge is 0.354 e. The van der Waals surface area contributed by atoms with Gasteiger partial charge >= 0.3 is 17.9 Å². The van der Waals surface area contributed by atoms with E-state index < -0.39 is 78.8 Å². The molecule has 0 saturated carbocycles. The first-order valence-electron chi connectivity index (χ1n) is 11.7. The Morgan fingerprint density at radius 2 is 1.77 bits per heavy atom. The van der Waals surface area contributed by atoms with E-state index in [0.717, 1.165) is 0 Å². The Hall–Kier alpha value is -4.02. The van der Waals surface area contributed by atoms with E-state index in [1.807, 2.05) is 0 Å². The van der Waals surface area contributed by atoms with Crippen molar-refractivity contribution in [3.63, 3.8) is 0 Å². The molecule has 39 heavy (non-hydrogen) atoms. The highest BCUT2D eigenvalue weighted by Crippen LogP contribution is 2.42. The number of carboxylic acids is 3. The zero-order valence-electron chi connectivity index (χ0n) is 20.1. The van der Waals surface area contributed by atoms with Gasteiger partial charge in [0.1, 0.15) is 36.2 Å². The van der Waals surface area contributed by atoms with Gasteiger partial charge in [0.25, 0.3) is 0 Å². The van der Waals surface area contributed by atoms with E-state index in [1.54, 1.807) is 0 Å². The van der Waals surface area contributed by atoms with Crippen molar-refractivity contribution in [2.24, 2.45) is 4.99 Å². The molecule has 1 aromatic carbocycles. The first-order valence-corrected chi connectivity index (χ1v) is 11.7. The molecule has 4 rings (SSSR count). The van der Waals surface area contributed by atoms with Crippen LogP contribution in [0.5, 0.6) is 11.5 Å². The summed E-state index contributed by atoms with van der Waals surface area (Å²) in [6, 6.07) is 0.0330. The molecule has 15 heteroatoms. The predicted molar refractivity (Wildman–Crippen MR) is 128 cm³/mol. The summed E-state index contributed by atoms with van der Waals surface area (Å²) in [6.45, 7) is -0.688. The van der Waals surface area contributed by atoms with E-state index in [2.05, 4.69) is 4.99 Å². The molecule has 0 amide bonds. The molecule has 1 saturated heterocycles. The summed E-state index contributed by atoms with van der Waals surface area (Å²) in [5, 5.41) is 78.4. The molecule has 3 aliphatic rings. The molecule has 0 radical (unpaired) electrons. The fraction of sp³-hybridized carbons (Fsp3) is 0.417. The lowest BCUT2D eigenvalue weighted by molar-refractivity contribution is -0.277. The van der Waals surface area contributed by atoms with Crippen LogP contribution in [-0.4, -0.2) is 114 Å². The van der Waals surface area contributed by atoms with Gasteiger partial charge in [-0.1, -0.05) is 0 Å². The number of ether oxygens (including phenoxy) is 2. The van der Waals surface area contributed by atoms with Crippen LogP contribution in [0.25, 0.3) is 0 Å². The van der Waals surface area contributed by atoms with Crippen molar-refractivity contribution in [3.8, 4) is 11.5 Å². The Morgan fingerprint density at radius 1 is 1.05 bits per heavy atom. The van der Waals surface area contributed by atoms with Crippen molar-refractivity contribution in [1.29, 1.82) is 0 Å². The highest BCUT2D eigenvalue weighted by Gasteiger charge is 2.45. The number of hydrogen-bond donors (Lipinski definition) is 8. The van der Waals surface area contributed by atoms with E-state index >= 15 is 0 Å². The topological polar surface area (TPSA) is 247 Å². The second kappa shape index (κ2) is 11.0. The number of hydrogen-bond acceptors (Lipinski definition) is 12. The standard InChI is InChI=1S/C24H26N2O13/c27-8-17-18(29)19(30)20(31)24(39-17)38-16-6-10-5-14(23(36)37)26(13(10)7-15(16)28)2-1-9-3-11(21(32)33)25-12(4-9)22(34)35/h1-3,6-7,12,14,17-20,24,27-31H,4-5,8H2,(H,32,33)(H,34,35)(H,36,37)/b2-1+. The van der Waals surface area contributed by atoms with E-state index in [9.17, 15) is 55.2 Å². The van der Waals surface area contributed by atoms with Crippen LogP contribution in [0.1, 0.15) is 12.0 Å². The van der Waals surface area contributed by atoms with Crippen LogP contribution in [0.4, 0.5) is 5.69 Å². The molecule has 0 spiro atoms. The number of aromatic hydroxyl groups is 1. The Labute approximate surface area is 219 Å². The average molecular weight is 550 g/mol. The Morgan fingerprint density at radius 3 is 2.38 bits per heavy atom. The van der Waals surface area contributed by atoms with E-state index in [-0.39, 0.29) is 29.9 Å². The number of rotatable bonds is 8. The molecule has 0 bridgehead atoms. The summed E-state index contributed by atoms with van der Waals surface area (Å²) in [7, 11) is 0. The monoisotopic (exact) mass is 550 g/mol. The average Bonchev–Trinajstić information content (AvgIpc) is 3.24. The van der Waals surface area contributed by atoms with Crippen molar-refractivity contribution in [1.82, 2.24) is 0 Å². The van der Waals surface area contributed by atoms with Gasteiger partial charge in [0, 0.05) is 30.8 Å². The molecule has 3 aliphatic heterocycles. The Balaban J connectivity index is 1.61. The van der Waals surface area contributed by atoms with Crippen LogP contribution in [0.15, 0.2) is 41.1 Å². The van der Waals surface area contributed by atoms with Gasteiger partial charge in [-0.3, -0.25) is 4.99 Å². The number of aliphatic imine (C=N–C) groups is 1. The van der Waals surface area contributed by atoms with Crippen LogP contribution in [-0.2, 0) is 25.5 Å². The molecule has 1 aromatic rings. The summed E-state index contributed by atoms with van der Waals surface area (Å²) in [6.07, 6.45) is -4.19. The van der Waals surface area contributed by atoms with Gasteiger partial charge in [-0.05, 0) is 29.4 Å². The largest absolute Gasteiger partial charge is 0.504 e. The molecule has 0 aromatic heterocycles. The fourth-order valence-electron chi connectivity index (χ4n) is 4.51. The number of aliphatic hydroxyl groups is 4. The Bertz CT molecular complexity index is 1260.